The highest BCUT2D eigenvalue weighted by atomic mass is 16.5. The summed E-state index contributed by atoms with van der Waals surface area (Å²) in [5, 5.41) is 29.1. The Morgan fingerprint density at radius 1 is 1.24 bits per heavy atom. The molecule has 4 N–H and O–H groups in total. The molecule has 1 spiro atoms. The number of ketones is 1. The molecule has 42 heavy (non-hydrogen) atoms. The Balaban J connectivity index is 1.32. The predicted molar refractivity (Wildman–Crippen MR) is 158 cm³/mol. The molecule has 9 nitrogen and oxygen atoms in total. The maximum Gasteiger partial charge on any atom is 0.340 e. The van der Waals surface area contributed by atoms with Crippen molar-refractivity contribution in [2.24, 2.45) is 51.3 Å². The lowest BCUT2D eigenvalue weighted by molar-refractivity contribution is -0.156. The number of aliphatic hydroxyl groups excluding tert-OH is 2. The first-order chi connectivity index (χ1) is 19.8. The highest BCUT2D eigenvalue weighted by Gasteiger charge is 2.75. The molecular formula is C33H47N3O6. The van der Waals surface area contributed by atoms with Gasteiger partial charge in [-0.1, -0.05) is 32.9 Å². The molecule has 2 bridgehead atoms. The molecule has 7 unspecified atom stereocenters. The summed E-state index contributed by atoms with van der Waals surface area (Å²) >= 11 is 0. The van der Waals surface area contributed by atoms with Gasteiger partial charge >= 0.3 is 5.97 Å². The molecule has 0 amide bonds. The number of nitrogens with two attached hydrogens (primary N) is 1. The van der Waals surface area contributed by atoms with Crippen LogP contribution in [0.2, 0.25) is 0 Å². The van der Waals surface area contributed by atoms with E-state index in [2.05, 4.69) is 13.8 Å². The number of hydrazone groups is 1. The first-order valence-electron chi connectivity index (χ1n) is 15.6. The van der Waals surface area contributed by atoms with Gasteiger partial charge in [-0.25, -0.2) is 4.79 Å². The SMILES string of the molecule is CC1=CC23C(=O)C(C=C(CO)C(O)C2(N)C1OC(=O)C1=C(C)CN(CC2CCOCC2)N=C1C)C1C(C[C@H]3C)C1(C)C. The summed E-state index contributed by atoms with van der Waals surface area (Å²) < 4.78 is 11.7. The van der Waals surface area contributed by atoms with E-state index >= 15 is 0 Å². The molecule has 6 rings (SSSR count). The van der Waals surface area contributed by atoms with E-state index in [1.54, 1.807) is 6.08 Å². The molecule has 0 aromatic heterocycles. The maximum atomic E-state index is 14.6. The summed E-state index contributed by atoms with van der Waals surface area (Å²) in [7, 11) is 0. The van der Waals surface area contributed by atoms with Crippen LogP contribution in [0, 0.1) is 40.4 Å². The number of carbonyl (C=O) groups is 2. The number of ether oxygens (including phenoxy) is 2. The van der Waals surface area contributed by atoms with Gasteiger partial charge < -0.3 is 25.4 Å². The first kappa shape index (κ1) is 29.7. The van der Waals surface area contributed by atoms with E-state index in [9.17, 15) is 19.8 Å². The normalized spacial score (nSPS) is 41.2. The van der Waals surface area contributed by atoms with Crippen LogP contribution in [0.3, 0.4) is 0 Å². The van der Waals surface area contributed by atoms with Crippen molar-refractivity contribution >= 4 is 17.5 Å². The molecule has 230 valence electrons. The first-order valence-corrected chi connectivity index (χ1v) is 15.6. The van der Waals surface area contributed by atoms with Crippen molar-refractivity contribution in [1.29, 1.82) is 0 Å². The lowest BCUT2D eigenvalue weighted by Crippen LogP contribution is -2.71. The number of hydrogen-bond donors (Lipinski definition) is 3. The Morgan fingerprint density at radius 2 is 1.93 bits per heavy atom. The van der Waals surface area contributed by atoms with Gasteiger partial charge in [0.15, 0.2) is 5.78 Å². The topological polar surface area (TPSA) is 135 Å². The van der Waals surface area contributed by atoms with E-state index in [0.717, 1.165) is 44.6 Å². The molecule has 6 aliphatic rings. The van der Waals surface area contributed by atoms with Gasteiger partial charge in [-0.2, -0.15) is 5.10 Å². The van der Waals surface area contributed by atoms with Crippen molar-refractivity contribution in [2.45, 2.75) is 78.6 Å². The van der Waals surface area contributed by atoms with Gasteiger partial charge in [0.05, 0.1) is 29.9 Å². The van der Waals surface area contributed by atoms with Crippen LogP contribution < -0.4 is 5.73 Å². The van der Waals surface area contributed by atoms with E-state index in [0.29, 0.717) is 40.8 Å². The zero-order valence-corrected chi connectivity index (χ0v) is 25.9. The third kappa shape index (κ3) is 4.06. The molecule has 0 radical (unpaired) electrons. The molecular weight excluding hydrogens is 534 g/mol. The Morgan fingerprint density at radius 3 is 2.57 bits per heavy atom. The van der Waals surface area contributed by atoms with Crippen LogP contribution >= 0.6 is 0 Å². The lowest BCUT2D eigenvalue weighted by Gasteiger charge is -2.50. The molecule has 9 heteroatoms. The van der Waals surface area contributed by atoms with Crippen molar-refractivity contribution in [3.05, 3.63) is 34.4 Å². The standard InChI is InChI=1S/C33H47N3O6/c1-17-13-32-19(3)11-24-26(31(24,5)6)23(28(32)39)12-22(16-37)27(38)33(32,34)29(17)42-30(40)25-18(2)14-36(35-20(25)4)15-21-7-9-41-10-8-21/h12-13,19,21,23-24,26-27,29,37-38H,7-11,14-16,34H2,1-6H3/t19-,23?,24?,26?,27?,29?,32?,33?/m1/s1. The number of carbonyl (C=O) groups excluding carboxylic acids is 2. The highest BCUT2D eigenvalue weighted by Crippen LogP contribution is 2.71. The molecule has 8 atom stereocenters. The van der Waals surface area contributed by atoms with E-state index < -0.39 is 41.7 Å². The van der Waals surface area contributed by atoms with Gasteiger partial charge in [-0.3, -0.25) is 9.80 Å². The second kappa shape index (κ2) is 10.1. The second-order valence-corrected chi connectivity index (χ2v) is 14.5. The molecule has 3 fully saturated rings. The fraction of sp³-hybridized carbons (Fsp3) is 0.727. The fourth-order valence-corrected chi connectivity index (χ4v) is 9.49. The molecule has 1 saturated heterocycles. The average molecular weight is 582 g/mol. The monoisotopic (exact) mass is 581 g/mol. The van der Waals surface area contributed by atoms with E-state index in [1.165, 1.54) is 0 Å². The van der Waals surface area contributed by atoms with E-state index in [1.807, 2.05) is 38.8 Å². The number of fused-ring (bicyclic) bond motifs is 3. The summed E-state index contributed by atoms with van der Waals surface area (Å²) in [5.41, 5.74) is 7.22. The number of rotatable bonds is 5. The molecule has 2 heterocycles. The number of allylic oxidation sites excluding steroid dienone is 1. The van der Waals surface area contributed by atoms with Gasteiger partial charge in [-0.05, 0) is 85.8 Å². The van der Waals surface area contributed by atoms with Crippen LogP contribution in [0.25, 0.3) is 0 Å². The van der Waals surface area contributed by atoms with Crippen molar-refractivity contribution < 1.29 is 29.3 Å². The Hall–Kier alpha value is -2.33. The van der Waals surface area contributed by atoms with E-state index in [-0.39, 0.29) is 23.0 Å². The number of aliphatic hydroxyl groups is 2. The summed E-state index contributed by atoms with van der Waals surface area (Å²) in [6, 6.07) is 0. The number of hydrogen-bond acceptors (Lipinski definition) is 9. The Bertz CT molecular complexity index is 1310. The van der Waals surface area contributed by atoms with Crippen molar-refractivity contribution in [3.63, 3.8) is 0 Å². The van der Waals surface area contributed by atoms with E-state index in [4.69, 9.17) is 20.3 Å². The minimum atomic E-state index is -1.66. The number of nitrogens with zero attached hydrogens (tertiary/aromatic N) is 2. The second-order valence-electron chi connectivity index (χ2n) is 14.5. The third-order valence-electron chi connectivity index (χ3n) is 11.8. The van der Waals surface area contributed by atoms with Gasteiger partial charge in [0, 0.05) is 25.7 Å². The van der Waals surface area contributed by atoms with Gasteiger partial charge in [0.2, 0.25) is 0 Å². The van der Waals surface area contributed by atoms with Gasteiger partial charge in [0.25, 0.3) is 0 Å². The largest absolute Gasteiger partial charge is 0.452 e. The zero-order valence-electron chi connectivity index (χ0n) is 25.9. The van der Waals surface area contributed by atoms with Crippen LogP contribution in [0.15, 0.2) is 39.5 Å². The van der Waals surface area contributed by atoms with Crippen LogP contribution in [0.4, 0.5) is 0 Å². The van der Waals surface area contributed by atoms with Crippen LogP contribution in [-0.2, 0) is 19.1 Å². The minimum Gasteiger partial charge on any atom is -0.452 e. The predicted octanol–water partition coefficient (Wildman–Crippen LogP) is 2.77. The Labute approximate surface area is 248 Å². The maximum absolute atomic E-state index is 14.6. The molecule has 4 aliphatic carbocycles. The Kier molecular flexibility index (Phi) is 7.16. The summed E-state index contributed by atoms with van der Waals surface area (Å²) in [5.74, 6) is -0.283. The summed E-state index contributed by atoms with van der Waals surface area (Å²) in [6.07, 6.45) is 4.03. The van der Waals surface area contributed by atoms with Gasteiger partial charge in [0.1, 0.15) is 17.7 Å². The van der Waals surface area contributed by atoms with Crippen molar-refractivity contribution in [2.75, 3.05) is 32.9 Å². The van der Waals surface area contributed by atoms with Gasteiger partial charge in [-0.15, -0.1) is 0 Å². The fourth-order valence-electron chi connectivity index (χ4n) is 9.49. The lowest BCUT2D eigenvalue weighted by atomic mass is 9.57. The summed E-state index contributed by atoms with van der Waals surface area (Å²) in [6.45, 7) is 14.4. The minimum absolute atomic E-state index is 0.0104. The van der Waals surface area contributed by atoms with Crippen LogP contribution in [0.5, 0.6) is 0 Å². The smallest absolute Gasteiger partial charge is 0.340 e. The average Bonchev–Trinajstić information content (AvgIpc) is 3.42. The number of esters is 1. The molecule has 0 aromatic rings. The molecule has 2 saturated carbocycles. The van der Waals surface area contributed by atoms with Crippen molar-refractivity contribution in [1.82, 2.24) is 5.01 Å². The highest BCUT2D eigenvalue weighted by molar-refractivity contribution is 6.19. The zero-order chi connectivity index (χ0) is 30.4. The number of Topliss-reactive ketones (excluding diaryl/α,β-unsaturated/α-hetero) is 1. The third-order valence-corrected chi connectivity index (χ3v) is 11.8. The van der Waals surface area contributed by atoms with Crippen LogP contribution in [-0.4, -0.2) is 83.3 Å². The summed E-state index contributed by atoms with van der Waals surface area (Å²) in [4.78, 5) is 28.6. The van der Waals surface area contributed by atoms with Crippen LogP contribution in [0.1, 0.15) is 60.8 Å². The molecule has 2 aliphatic heterocycles. The quantitative estimate of drug-likeness (QED) is 0.333. The van der Waals surface area contributed by atoms with Crippen molar-refractivity contribution in [3.8, 4) is 0 Å². The molecule has 0 aromatic carbocycles.